The topological polar surface area (TPSA) is 50.4 Å². The number of rotatable bonds is 4. The molecular weight excluding hydrogens is 252 g/mol. The largest absolute Gasteiger partial charge is 0.385 e. The van der Waals surface area contributed by atoms with E-state index in [4.69, 9.17) is 4.74 Å². The summed E-state index contributed by atoms with van der Waals surface area (Å²) in [5.74, 6) is -0.0409. The molecule has 1 aromatic rings. The maximum Gasteiger partial charge on any atom is 0.253 e. The van der Waals surface area contributed by atoms with E-state index in [1.165, 1.54) is 0 Å². The lowest BCUT2D eigenvalue weighted by Gasteiger charge is -2.29. The highest BCUT2D eigenvalue weighted by atomic mass is 16.5. The Labute approximate surface area is 120 Å². The van der Waals surface area contributed by atoms with Crippen molar-refractivity contribution in [2.75, 3.05) is 18.5 Å². The first-order chi connectivity index (χ1) is 9.46. The SMILES string of the molecule is CCNc1cc(C)ccc1C(=O)NC1(C)CCOC1C. The van der Waals surface area contributed by atoms with Gasteiger partial charge in [0, 0.05) is 18.8 Å². The zero-order chi connectivity index (χ0) is 14.8. The molecule has 1 aliphatic rings. The van der Waals surface area contributed by atoms with E-state index in [0.717, 1.165) is 24.2 Å². The molecule has 4 nitrogen and oxygen atoms in total. The number of ether oxygens (including phenoxy) is 1. The average molecular weight is 276 g/mol. The van der Waals surface area contributed by atoms with Gasteiger partial charge in [-0.25, -0.2) is 0 Å². The van der Waals surface area contributed by atoms with Gasteiger partial charge in [0.2, 0.25) is 0 Å². The highest BCUT2D eigenvalue weighted by molar-refractivity contribution is 6.00. The van der Waals surface area contributed by atoms with Crippen LogP contribution in [0.15, 0.2) is 18.2 Å². The van der Waals surface area contributed by atoms with Gasteiger partial charge in [0.1, 0.15) is 0 Å². The minimum Gasteiger partial charge on any atom is -0.385 e. The molecule has 4 heteroatoms. The van der Waals surface area contributed by atoms with Crippen molar-refractivity contribution < 1.29 is 9.53 Å². The van der Waals surface area contributed by atoms with Crippen molar-refractivity contribution in [2.24, 2.45) is 0 Å². The van der Waals surface area contributed by atoms with Crippen LogP contribution in [0.25, 0.3) is 0 Å². The van der Waals surface area contributed by atoms with Crippen LogP contribution in [-0.2, 0) is 4.74 Å². The van der Waals surface area contributed by atoms with Gasteiger partial charge in [0.15, 0.2) is 0 Å². The van der Waals surface area contributed by atoms with Crippen molar-refractivity contribution in [3.8, 4) is 0 Å². The first-order valence-electron chi connectivity index (χ1n) is 7.25. The zero-order valence-corrected chi connectivity index (χ0v) is 12.7. The molecule has 0 aliphatic carbocycles. The fourth-order valence-corrected chi connectivity index (χ4v) is 2.52. The van der Waals surface area contributed by atoms with Crippen molar-refractivity contribution in [3.05, 3.63) is 29.3 Å². The first-order valence-corrected chi connectivity index (χ1v) is 7.25. The molecule has 1 fully saturated rings. The molecule has 110 valence electrons. The smallest absolute Gasteiger partial charge is 0.253 e. The van der Waals surface area contributed by atoms with Crippen molar-refractivity contribution in [2.45, 2.75) is 45.8 Å². The minimum atomic E-state index is -0.286. The maximum absolute atomic E-state index is 12.6. The second-order valence-electron chi connectivity index (χ2n) is 5.71. The number of aryl methyl sites for hydroxylation is 1. The Balaban J connectivity index is 2.21. The van der Waals surface area contributed by atoms with Crippen LogP contribution in [-0.4, -0.2) is 30.7 Å². The van der Waals surface area contributed by atoms with E-state index < -0.39 is 0 Å². The van der Waals surface area contributed by atoms with Crippen LogP contribution in [0.5, 0.6) is 0 Å². The third-order valence-electron chi connectivity index (χ3n) is 4.07. The van der Waals surface area contributed by atoms with Crippen molar-refractivity contribution in [3.63, 3.8) is 0 Å². The van der Waals surface area contributed by atoms with Crippen LogP contribution in [0.4, 0.5) is 5.69 Å². The number of benzene rings is 1. The molecule has 2 atom stereocenters. The molecule has 2 rings (SSSR count). The molecule has 1 aromatic carbocycles. The number of hydrogen-bond donors (Lipinski definition) is 2. The molecular formula is C16H24N2O2. The lowest BCUT2D eigenvalue weighted by molar-refractivity contribution is 0.0728. The summed E-state index contributed by atoms with van der Waals surface area (Å²) in [4.78, 5) is 12.6. The molecule has 1 aliphatic heterocycles. The summed E-state index contributed by atoms with van der Waals surface area (Å²) in [6.07, 6.45) is 0.891. The number of nitrogens with one attached hydrogen (secondary N) is 2. The van der Waals surface area contributed by atoms with Gasteiger partial charge in [0.25, 0.3) is 5.91 Å². The Morgan fingerprint density at radius 3 is 2.85 bits per heavy atom. The van der Waals surface area contributed by atoms with E-state index in [9.17, 15) is 4.79 Å². The third-order valence-corrected chi connectivity index (χ3v) is 4.07. The molecule has 0 radical (unpaired) electrons. The van der Waals surface area contributed by atoms with E-state index >= 15 is 0 Å². The summed E-state index contributed by atoms with van der Waals surface area (Å²) in [5.41, 5.74) is 2.44. The highest BCUT2D eigenvalue weighted by Crippen LogP contribution is 2.26. The molecule has 0 bridgehead atoms. The average Bonchev–Trinajstić information content (AvgIpc) is 2.69. The van der Waals surface area contributed by atoms with E-state index in [0.29, 0.717) is 12.2 Å². The number of anilines is 1. The molecule has 1 amide bonds. The van der Waals surface area contributed by atoms with Gasteiger partial charge in [-0.05, 0) is 51.8 Å². The first kappa shape index (κ1) is 14.9. The molecule has 1 heterocycles. The standard InChI is InChI=1S/C16H24N2O2/c1-5-17-14-10-11(2)6-7-13(14)15(19)18-16(4)8-9-20-12(16)3/h6-7,10,12,17H,5,8-9H2,1-4H3,(H,18,19). The Morgan fingerprint density at radius 2 is 2.25 bits per heavy atom. The molecule has 1 saturated heterocycles. The van der Waals surface area contributed by atoms with Crippen LogP contribution in [0, 0.1) is 6.92 Å². The normalized spacial score (nSPS) is 25.5. The summed E-state index contributed by atoms with van der Waals surface area (Å²) < 4.78 is 5.57. The lowest BCUT2D eigenvalue weighted by Crippen LogP contribution is -2.50. The molecule has 20 heavy (non-hydrogen) atoms. The molecule has 0 saturated carbocycles. The second kappa shape index (κ2) is 5.83. The van der Waals surface area contributed by atoms with Crippen LogP contribution < -0.4 is 10.6 Å². The van der Waals surface area contributed by atoms with Gasteiger partial charge in [-0.3, -0.25) is 4.79 Å². The summed E-state index contributed by atoms with van der Waals surface area (Å²) in [6, 6.07) is 5.86. The summed E-state index contributed by atoms with van der Waals surface area (Å²) in [5, 5.41) is 6.39. The van der Waals surface area contributed by atoms with Gasteiger partial charge >= 0.3 is 0 Å². The van der Waals surface area contributed by atoms with Crippen LogP contribution in [0.3, 0.4) is 0 Å². The van der Waals surface area contributed by atoms with Gasteiger partial charge in [-0.2, -0.15) is 0 Å². The Hall–Kier alpha value is -1.55. The molecule has 2 unspecified atom stereocenters. The van der Waals surface area contributed by atoms with Gasteiger partial charge in [0.05, 0.1) is 17.2 Å². The van der Waals surface area contributed by atoms with Gasteiger partial charge in [-0.1, -0.05) is 6.07 Å². The van der Waals surface area contributed by atoms with E-state index in [1.807, 2.05) is 45.9 Å². The van der Waals surface area contributed by atoms with Crippen LogP contribution in [0.2, 0.25) is 0 Å². The molecule has 2 N–H and O–H groups in total. The molecule has 0 aromatic heterocycles. The monoisotopic (exact) mass is 276 g/mol. The maximum atomic E-state index is 12.6. The molecule has 0 spiro atoms. The van der Waals surface area contributed by atoms with Gasteiger partial charge in [-0.15, -0.1) is 0 Å². The van der Waals surface area contributed by atoms with E-state index in [1.54, 1.807) is 0 Å². The highest BCUT2D eigenvalue weighted by Gasteiger charge is 2.38. The fraction of sp³-hybridized carbons (Fsp3) is 0.562. The lowest BCUT2D eigenvalue weighted by atomic mass is 9.94. The van der Waals surface area contributed by atoms with Crippen molar-refractivity contribution >= 4 is 11.6 Å². The van der Waals surface area contributed by atoms with E-state index in [-0.39, 0.29) is 17.6 Å². The Morgan fingerprint density at radius 1 is 1.50 bits per heavy atom. The van der Waals surface area contributed by atoms with Gasteiger partial charge < -0.3 is 15.4 Å². The zero-order valence-electron chi connectivity index (χ0n) is 12.7. The van der Waals surface area contributed by atoms with Crippen molar-refractivity contribution in [1.82, 2.24) is 5.32 Å². The fourth-order valence-electron chi connectivity index (χ4n) is 2.52. The Kier molecular flexibility index (Phi) is 4.33. The summed E-state index contributed by atoms with van der Waals surface area (Å²) in [7, 11) is 0. The third kappa shape index (κ3) is 2.96. The minimum absolute atomic E-state index is 0.0409. The summed E-state index contributed by atoms with van der Waals surface area (Å²) in [6.45, 7) is 9.60. The van der Waals surface area contributed by atoms with Crippen molar-refractivity contribution in [1.29, 1.82) is 0 Å². The number of hydrogen-bond acceptors (Lipinski definition) is 3. The van der Waals surface area contributed by atoms with E-state index in [2.05, 4.69) is 10.6 Å². The second-order valence-corrected chi connectivity index (χ2v) is 5.71. The Bertz CT molecular complexity index is 501. The number of amides is 1. The number of carbonyl (C=O) groups is 1. The quantitative estimate of drug-likeness (QED) is 0.889. The predicted molar refractivity (Wildman–Crippen MR) is 81.2 cm³/mol. The van der Waals surface area contributed by atoms with Crippen LogP contribution in [0.1, 0.15) is 43.1 Å². The summed E-state index contributed by atoms with van der Waals surface area (Å²) >= 11 is 0. The van der Waals surface area contributed by atoms with Crippen LogP contribution >= 0.6 is 0 Å². The number of carbonyl (C=O) groups excluding carboxylic acids is 1. The predicted octanol–water partition coefficient (Wildman–Crippen LogP) is 2.72.